The number of hydrogen-bond acceptors (Lipinski definition) is 12. The molecule has 0 saturated heterocycles. The van der Waals surface area contributed by atoms with Gasteiger partial charge in [-0.2, -0.15) is 0 Å². The molecule has 2 aliphatic rings. The molecule has 2 saturated carbocycles. The van der Waals surface area contributed by atoms with Crippen molar-refractivity contribution in [2.75, 3.05) is 39.5 Å². The van der Waals surface area contributed by atoms with Gasteiger partial charge in [0.25, 0.3) is 0 Å². The van der Waals surface area contributed by atoms with Crippen molar-refractivity contribution in [3.63, 3.8) is 0 Å². The number of carbonyl (C=O) groups is 1. The van der Waals surface area contributed by atoms with E-state index in [1.165, 1.54) is 18.2 Å². The number of amides is 2. The highest BCUT2D eigenvalue weighted by Crippen LogP contribution is 2.53. The Morgan fingerprint density at radius 2 is 1.69 bits per heavy atom. The van der Waals surface area contributed by atoms with E-state index in [1.54, 1.807) is 6.20 Å². The zero-order valence-corrected chi connectivity index (χ0v) is 29.9. The van der Waals surface area contributed by atoms with Crippen LogP contribution in [0, 0.1) is 0 Å². The Bertz CT molecular complexity index is 1760. The number of hydrogen-bond donors (Lipinski definition) is 8. The van der Waals surface area contributed by atoms with Crippen LogP contribution in [0.5, 0.6) is 5.75 Å². The Morgan fingerprint density at radius 3 is 2.42 bits per heavy atom. The molecule has 2 amide bonds. The molecule has 0 bridgehead atoms. The SMILES string of the molecule is O=C(NCCOCCNS(=O)(=O)c1ccc(Cl)c(COC2(c3cnccc3-c3ccccc3OC3CC3)CC2)c1)NC[C@H](O)[C@@H](O)[C@H](O)[C@H](O)CO. The zero-order chi connectivity index (χ0) is 37.3. The van der Waals surface area contributed by atoms with E-state index in [0.717, 1.165) is 48.1 Å². The minimum atomic E-state index is -3.92. The van der Waals surface area contributed by atoms with Crippen LogP contribution in [0.15, 0.2) is 65.8 Å². The van der Waals surface area contributed by atoms with Crippen LogP contribution in [0.3, 0.4) is 0 Å². The predicted molar refractivity (Wildman–Crippen MR) is 189 cm³/mol. The molecule has 3 aromatic rings. The Kier molecular flexibility index (Phi) is 13.8. The van der Waals surface area contributed by atoms with Crippen molar-refractivity contribution in [3.8, 4) is 16.9 Å². The van der Waals surface area contributed by atoms with Crippen molar-refractivity contribution in [2.24, 2.45) is 0 Å². The Balaban J connectivity index is 1.07. The summed E-state index contributed by atoms with van der Waals surface area (Å²) in [6.07, 6.45) is 0.560. The standard InChI is InChI=1S/C35H45ClN4O11S/c36-28-8-7-24(52(47,48)40-14-16-49-15-13-38-34(46)39-19-29(42)32(44)33(45)30(43)20-41)17-22(28)21-50-35(10-11-35)27-18-37-12-9-25(27)26-3-1-2-4-31(26)51-23-5-6-23/h1-4,7-9,12,17-18,23,29-30,32-33,40-45H,5-6,10-11,13-16,19-21H2,(H2,38,39,46)/t29-,30+,32+,33+/m0/s1. The van der Waals surface area contributed by atoms with Gasteiger partial charge in [-0.25, -0.2) is 17.9 Å². The number of aliphatic hydroxyl groups is 5. The number of carbonyl (C=O) groups excluding carboxylic acids is 1. The molecule has 52 heavy (non-hydrogen) atoms. The number of benzene rings is 2. The number of rotatable bonds is 21. The van der Waals surface area contributed by atoms with Crippen LogP contribution >= 0.6 is 11.6 Å². The van der Waals surface area contributed by atoms with E-state index in [0.29, 0.717) is 10.6 Å². The van der Waals surface area contributed by atoms with Gasteiger partial charge in [0.2, 0.25) is 10.0 Å². The molecule has 1 aromatic heterocycles. The Labute approximate surface area is 307 Å². The Hall–Kier alpha value is -3.42. The second kappa shape index (κ2) is 18.1. The number of pyridine rings is 1. The summed E-state index contributed by atoms with van der Waals surface area (Å²) in [5, 5.41) is 52.6. The third kappa shape index (κ3) is 10.6. The summed E-state index contributed by atoms with van der Waals surface area (Å²) in [4.78, 5) is 16.3. The number of aromatic nitrogens is 1. The number of nitrogens with zero attached hydrogens (tertiary/aromatic N) is 1. The predicted octanol–water partition coefficient (Wildman–Crippen LogP) is 1.18. The first-order valence-corrected chi connectivity index (χ1v) is 18.9. The summed E-state index contributed by atoms with van der Waals surface area (Å²) in [7, 11) is -3.92. The average molecular weight is 765 g/mol. The van der Waals surface area contributed by atoms with Crippen LogP contribution in [-0.2, 0) is 31.7 Å². The van der Waals surface area contributed by atoms with Crippen LogP contribution in [0.25, 0.3) is 11.1 Å². The maximum absolute atomic E-state index is 13.1. The summed E-state index contributed by atoms with van der Waals surface area (Å²) in [5.41, 5.74) is 2.79. The molecule has 2 aliphatic carbocycles. The summed E-state index contributed by atoms with van der Waals surface area (Å²) in [5.74, 6) is 0.818. The number of aliphatic hydroxyl groups excluding tert-OH is 5. The first-order chi connectivity index (χ1) is 24.9. The largest absolute Gasteiger partial charge is 0.490 e. The minimum Gasteiger partial charge on any atom is -0.490 e. The second-order valence-electron chi connectivity index (χ2n) is 12.7. The molecule has 17 heteroatoms. The highest BCUT2D eigenvalue weighted by molar-refractivity contribution is 7.89. The summed E-state index contributed by atoms with van der Waals surface area (Å²) in [6, 6.07) is 13.6. The third-order valence-corrected chi connectivity index (χ3v) is 10.5. The molecule has 1 heterocycles. The van der Waals surface area contributed by atoms with Crippen molar-refractivity contribution >= 4 is 27.7 Å². The quantitative estimate of drug-likeness (QED) is 0.0716. The molecule has 0 radical (unpaired) electrons. The molecule has 2 fully saturated rings. The van der Waals surface area contributed by atoms with E-state index in [4.69, 9.17) is 30.9 Å². The topological polar surface area (TPSA) is 229 Å². The zero-order valence-electron chi connectivity index (χ0n) is 28.4. The lowest BCUT2D eigenvalue weighted by molar-refractivity contribution is -0.113. The fourth-order valence-electron chi connectivity index (χ4n) is 5.41. The van der Waals surface area contributed by atoms with Crippen molar-refractivity contribution in [1.29, 1.82) is 0 Å². The van der Waals surface area contributed by atoms with Crippen LogP contribution < -0.4 is 20.1 Å². The molecule has 4 atom stereocenters. The number of para-hydroxylation sites is 1. The maximum Gasteiger partial charge on any atom is 0.314 e. The lowest BCUT2D eigenvalue weighted by Gasteiger charge is -2.25. The molecule has 0 aliphatic heterocycles. The summed E-state index contributed by atoms with van der Waals surface area (Å²) < 4.78 is 46.7. The first-order valence-electron chi connectivity index (χ1n) is 17.0. The van der Waals surface area contributed by atoms with E-state index < -0.39 is 59.2 Å². The highest BCUT2D eigenvalue weighted by atomic mass is 35.5. The molecule has 15 nitrogen and oxygen atoms in total. The molecule has 8 N–H and O–H groups in total. The highest BCUT2D eigenvalue weighted by Gasteiger charge is 2.48. The molecule has 5 rings (SSSR count). The first kappa shape index (κ1) is 39.8. The van der Waals surface area contributed by atoms with Gasteiger partial charge < -0.3 is 50.4 Å². The van der Waals surface area contributed by atoms with Gasteiger partial charge in [-0.15, -0.1) is 0 Å². The Morgan fingerprint density at radius 1 is 0.962 bits per heavy atom. The van der Waals surface area contributed by atoms with Crippen LogP contribution in [0.2, 0.25) is 5.02 Å². The fourth-order valence-corrected chi connectivity index (χ4v) is 6.65. The molecule has 2 aromatic carbocycles. The smallest absolute Gasteiger partial charge is 0.314 e. The molecule has 0 unspecified atom stereocenters. The van der Waals surface area contributed by atoms with E-state index in [-0.39, 0.29) is 43.9 Å². The number of nitrogens with one attached hydrogen (secondary N) is 3. The number of ether oxygens (including phenoxy) is 3. The molecular weight excluding hydrogens is 720 g/mol. The van der Waals surface area contributed by atoms with Crippen molar-refractivity contribution < 1.29 is 53.0 Å². The molecule has 284 valence electrons. The van der Waals surface area contributed by atoms with Crippen LogP contribution in [0.1, 0.15) is 36.8 Å². The van der Waals surface area contributed by atoms with Gasteiger partial charge in [0.05, 0.1) is 49.1 Å². The van der Waals surface area contributed by atoms with Crippen molar-refractivity contribution in [2.45, 2.75) is 73.3 Å². The van der Waals surface area contributed by atoms with Gasteiger partial charge in [-0.05, 0) is 67.1 Å². The lowest BCUT2D eigenvalue weighted by Crippen LogP contribution is -2.50. The molecular formula is C35H45ClN4O11S. The normalized spacial score (nSPS) is 17.5. The monoisotopic (exact) mass is 764 g/mol. The van der Waals surface area contributed by atoms with Gasteiger partial charge >= 0.3 is 6.03 Å². The number of sulfonamides is 1. The van der Waals surface area contributed by atoms with E-state index >= 15 is 0 Å². The third-order valence-electron chi connectivity index (χ3n) is 8.71. The second-order valence-corrected chi connectivity index (χ2v) is 14.9. The van der Waals surface area contributed by atoms with Crippen LogP contribution in [-0.4, -0.2) is 115 Å². The molecule has 0 spiro atoms. The summed E-state index contributed by atoms with van der Waals surface area (Å²) >= 11 is 6.49. The number of urea groups is 1. The van der Waals surface area contributed by atoms with E-state index in [2.05, 4.69) is 20.3 Å². The van der Waals surface area contributed by atoms with Gasteiger partial charge in [-0.1, -0.05) is 29.8 Å². The fraction of sp³-hybridized carbons (Fsp3) is 0.486. The van der Waals surface area contributed by atoms with Crippen molar-refractivity contribution in [3.05, 3.63) is 77.1 Å². The lowest BCUT2D eigenvalue weighted by atomic mass is 9.96. The summed E-state index contributed by atoms with van der Waals surface area (Å²) in [6.45, 7) is -1.13. The van der Waals surface area contributed by atoms with Gasteiger partial charge in [0.15, 0.2) is 0 Å². The van der Waals surface area contributed by atoms with Gasteiger partial charge in [-0.3, -0.25) is 4.98 Å². The van der Waals surface area contributed by atoms with Crippen molar-refractivity contribution in [1.82, 2.24) is 20.3 Å². The minimum absolute atomic E-state index is 0.00680. The van der Waals surface area contributed by atoms with E-state index in [9.17, 15) is 33.6 Å². The van der Waals surface area contributed by atoms with E-state index in [1.807, 2.05) is 36.5 Å². The van der Waals surface area contributed by atoms with Gasteiger partial charge in [0.1, 0.15) is 24.1 Å². The van der Waals surface area contributed by atoms with Crippen LogP contribution in [0.4, 0.5) is 4.79 Å². The number of halogens is 1. The van der Waals surface area contributed by atoms with Gasteiger partial charge in [0, 0.05) is 48.2 Å². The maximum atomic E-state index is 13.1. The average Bonchev–Trinajstić information content (AvgIpc) is 4.10.